The number of carbonyl (C=O) groups excluding carboxylic acids is 1. The Balaban J connectivity index is 2.36. The summed E-state index contributed by atoms with van der Waals surface area (Å²) in [6.07, 6.45) is 1.34. The molecule has 2 N–H and O–H groups in total. The number of rotatable bonds is 7. The summed E-state index contributed by atoms with van der Waals surface area (Å²) in [7, 11) is 4.10. The summed E-state index contributed by atoms with van der Waals surface area (Å²) in [6, 6.07) is 6.17. The molecule has 1 aromatic carbocycles. The molecule has 1 aromatic heterocycles. The third-order valence-corrected chi connectivity index (χ3v) is 3.93. The molecule has 2 rings (SSSR count). The van der Waals surface area contributed by atoms with Crippen molar-refractivity contribution in [2.45, 2.75) is 26.7 Å². The molecule has 0 bridgehead atoms. The highest BCUT2D eigenvalue weighted by atomic mass is 19.1. The van der Waals surface area contributed by atoms with Gasteiger partial charge >= 0.3 is 0 Å². The Hall–Kier alpha value is -2.21. The van der Waals surface area contributed by atoms with Gasteiger partial charge in [0.2, 0.25) is 0 Å². The van der Waals surface area contributed by atoms with Crippen LogP contribution in [0.25, 0.3) is 5.69 Å². The highest BCUT2D eigenvalue weighted by molar-refractivity contribution is 5.96. The summed E-state index contributed by atoms with van der Waals surface area (Å²) in [4.78, 5) is 13.9. The van der Waals surface area contributed by atoms with Gasteiger partial charge in [-0.05, 0) is 37.1 Å². The number of hydrogen-bond acceptors (Lipinski definition) is 2. The number of aryl methyl sites for hydroxylation is 1. The largest absolute Gasteiger partial charge is 0.346 e. The van der Waals surface area contributed by atoms with E-state index < -0.39 is 0 Å². The average molecular weight is 333 g/mol. The number of halogens is 1. The Bertz CT molecular complexity index is 692. The third kappa shape index (κ3) is 4.00. The van der Waals surface area contributed by atoms with Crippen LogP contribution < -0.4 is 10.2 Å². The van der Waals surface area contributed by atoms with Crippen molar-refractivity contribution in [3.8, 4) is 5.69 Å². The quantitative estimate of drug-likeness (QED) is 0.795. The smallest absolute Gasteiger partial charge is 0.255 e. The summed E-state index contributed by atoms with van der Waals surface area (Å²) in [5.41, 5.74) is 3.04. The summed E-state index contributed by atoms with van der Waals surface area (Å²) in [5.74, 6) is -0.373. The lowest BCUT2D eigenvalue weighted by Gasteiger charge is -2.10. The fourth-order valence-electron chi connectivity index (χ4n) is 2.65. The minimum absolute atomic E-state index is 0.0849. The minimum Gasteiger partial charge on any atom is -0.346 e. The van der Waals surface area contributed by atoms with Crippen molar-refractivity contribution < 1.29 is 14.1 Å². The van der Waals surface area contributed by atoms with E-state index in [0.29, 0.717) is 24.9 Å². The number of carbonyl (C=O) groups is 1. The Labute approximate surface area is 142 Å². The van der Waals surface area contributed by atoms with Crippen LogP contribution in [0.4, 0.5) is 4.39 Å². The lowest BCUT2D eigenvalue weighted by atomic mass is 10.1. The second-order valence-corrected chi connectivity index (χ2v) is 6.08. The van der Waals surface area contributed by atoms with Crippen molar-refractivity contribution in [1.82, 2.24) is 15.1 Å². The molecular weight excluding hydrogens is 307 g/mol. The maximum atomic E-state index is 13.2. The zero-order valence-corrected chi connectivity index (χ0v) is 14.8. The van der Waals surface area contributed by atoms with Crippen LogP contribution in [-0.2, 0) is 12.8 Å². The zero-order valence-electron chi connectivity index (χ0n) is 14.8. The highest BCUT2D eigenvalue weighted by Crippen LogP contribution is 2.20. The lowest BCUT2D eigenvalue weighted by Crippen LogP contribution is -3.06. The van der Waals surface area contributed by atoms with Crippen molar-refractivity contribution in [1.29, 1.82) is 0 Å². The number of nitrogens with one attached hydrogen (secondary N) is 2. The van der Waals surface area contributed by atoms with E-state index in [0.717, 1.165) is 23.6 Å². The van der Waals surface area contributed by atoms with E-state index >= 15 is 0 Å². The van der Waals surface area contributed by atoms with E-state index in [-0.39, 0.29) is 11.7 Å². The predicted molar refractivity (Wildman–Crippen MR) is 92.3 cm³/mol. The minimum atomic E-state index is -0.288. The van der Waals surface area contributed by atoms with Crippen LogP contribution in [0.1, 0.15) is 35.6 Å². The number of likely N-dealkylation sites (N-methyl/N-ethyl adjacent to an activating group) is 1. The van der Waals surface area contributed by atoms with Crippen molar-refractivity contribution in [3.63, 3.8) is 0 Å². The first-order chi connectivity index (χ1) is 11.5. The lowest BCUT2D eigenvalue weighted by molar-refractivity contribution is -0.856. The van der Waals surface area contributed by atoms with Crippen LogP contribution >= 0.6 is 0 Å². The number of benzene rings is 1. The van der Waals surface area contributed by atoms with Gasteiger partial charge in [-0.15, -0.1) is 0 Å². The topological polar surface area (TPSA) is 51.4 Å². The van der Waals surface area contributed by atoms with E-state index in [1.54, 1.807) is 16.8 Å². The molecule has 0 spiro atoms. The predicted octanol–water partition coefficient (Wildman–Crippen LogP) is 1.01. The van der Waals surface area contributed by atoms with E-state index in [1.165, 1.54) is 17.0 Å². The highest BCUT2D eigenvalue weighted by Gasteiger charge is 2.22. The Morgan fingerprint density at radius 2 is 1.88 bits per heavy atom. The van der Waals surface area contributed by atoms with Crippen molar-refractivity contribution in [2.75, 3.05) is 27.2 Å². The molecule has 0 radical (unpaired) electrons. The first-order valence-corrected chi connectivity index (χ1v) is 8.41. The van der Waals surface area contributed by atoms with Crippen molar-refractivity contribution >= 4 is 5.91 Å². The standard InChI is InChI=1S/C18H25FN4O/c1-5-15-17(18(24)20-11-12-22(3)4)16(6-2)23(21-15)14-9-7-13(19)8-10-14/h7-10H,5-6,11-12H2,1-4H3,(H,20,24)/p+1. The van der Waals surface area contributed by atoms with Crippen molar-refractivity contribution in [3.05, 3.63) is 47.0 Å². The molecule has 1 heterocycles. The van der Waals surface area contributed by atoms with Gasteiger partial charge in [-0.3, -0.25) is 4.79 Å². The molecular formula is C18H26FN4O+. The molecule has 2 aromatic rings. The first-order valence-electron chi connectivity index (χ1n) is 8.41. The molecule has 6 heteroatoms. The maximum Gasteiger partial charge on any atom is 0.255 e. The van der Waals surface area contributed by atoms with Crippen LogP contribution in [0, 0.1) is 5.82 Å². The van der Waals surface area contributed by atoms with E-state index in [9.17, 15) is 9.18 Å². The molecule has 130 valence electrons. The van der Waals surface area contributed by atoms with Gasteiger partial charge in [-0.1, -0.05) is 13.8 Å². The average Bonchev–Trinajstić information content (AvgIpc) is 2.93. The molecule has 0 aliphatic heterocycles. The molecule has 0 aliphatic rings. The maximum absolute atomic E-state index is 13.2. The van der Waals surface area contributed by atoms with E-state index in [1.807, 2.05) is 27.9 Å². The first kappa shape index (κ1) is 18.1. The Morgan fingerprint density at radius 1 is 1.21 bits per heavy atom. The van der Waals surface area contributed by atoms with Crippen LogP contribution in [0.3, 0.4) is 0 Å². The number of amides is 1. The summed E-state index contributed by atoms with van der Waals surface area (Å²) >= 11 is 0. The van der Waals surface area contributed by atoms with Crippen LogP contribution in [-0.4, -0.2) is 42.9 Å². The zero-order chi connectivity index (χ0) is 17.7. The SMILES string of the molecule is CCc1nn(-c2ccc(F)cc2)c(CC)c1C(=O)NCC[NH+](C)C. The van der Waals surface area contributed by atoms with Gasteiger partial charge in [0.15, 0.2) is 0 Å². The van der Waals surface area contributed by atoms with Gasteiger partial charge in [0.25, 0.3) is 5.91 Å². The Morgan fingerprint density at radius 3 is 2.42 bits per heavy atom. The number of aromatic nitrogens is 2. The van der Waals surface area contributed by atoms with Crippen LogP contribution in [0.5, 0.6) is 0 Å². The molecule has 0 saturated heterocycles. The fourth-order valence-corrected chi connectivity index (χ4v) is 2.65. The number of nitrogens with zero attached hydrogens (tertiary/aromatic N) is 2. The normalized spacial score (nSPS) is 11.1. The molecule has 0 saturated carbocycles. The molecule has 0 fully saturated rings. The molecule has 1 amide bonds. The van der Waals surface area contributed by atoms with Crippen molar-refractivity contribution in [2.24, 2.45) is 0 Å². The number of quaternary nitrogens is 1. The van der Waals surface area contributed by atoms with Gasteiger partial charge in [0.05, 0.1) is 49.8 Å². The van der Waals surface area contributed by atoms with Gasteiger partial charge in [-0.25, -0.2) is 9.07 Å². The van der Waals surface area contributed by atoms with Gasteiger partial charge in [0.1, 0.15) is 5.82 Å². The van der Waals surface area contributed by atoms with E-state index in [4.69, 9.17) is 0 Å². The molecule has 5 nitrogen and oxygen atoms in total. The van der Waals surface area contributed by atoms with Gasteiger partial charge in [0, 0.05) is 0 Å². The third-order valence-electron chi connectivity index (χ3n) is 3.93. The molecule has 0 unspecified atom stereocenters. The Kier molecular flexibility index (Phi) is 6.09. The van der Waals surface area contributed by atoms with Crippen LogP contribution in [0.15, 0.2) is 24.3 Å². The second kappa shape index (κ2) is 8.06. The molecule has 24 heavy (non-hydrogen) atoms. The summed E-state index contributed by atoms with van der Waals surface area (Å²) in [5, 5.41) is 7.57. The monoisotopic (exact) mass is 333 g/mol. The van der Waals surface area contributed by atoms with E-state index in [2.05, 4.69) is 10.4 Å². The number of hydrogen-bond donors (Lipinski definition) is 2. The summed E-state index contributed by atoms with van der Waals surface area (Å²) < 4.78 is 14.9. The molecule has 0 atom stereocenters. The summed E-state index contributed by atoms with van der Waals surface area (Å²) in [6.45, 7) is 5.46. The second-order valence-electron chi connectivity index (χ2n) is 6.08. The van der Waals surface area contributed by atoms with Gasteiger partial charge in [-0.2, -0.15) is 5.10 Å². The fraction of sp³-hybridized carbons (Fsp3) is 0.444. The van der Waals surface area contributed by atoms with Crippen LogP contribution in [0.2, 0.25) is 0 Å². The van der Waals surface area contributed by atoms with Gasteiger partial charge < -0.3 is 10.2 Å². The molecule has 0 aliphatic carbocycles.